The normalized spacial score (nSPS) is 18.2. The van der Waals surface area contributed by atoms with Gasteiger partial charge in [0.1, 0.15) is 0 Å². The highest BCUT2D eigenvalue weighted by Crippen LogP contribution is 2.39. The smallest absolute Gasteiger partial charge is 0.341 e. The van der Waals surface area contributed by atoms with Crippen molar-refractivity contribution in [1.82, 2.24) is 0 Å². The van der Waals surface area contributed by atoms with Gasteiger partial charge in [-0.25, -0.2) is 18.0 Å². The van der Waals surface area contributed by atoms with Gasteiger partial charge in [0.05, 0.1) is 16.6 Å². The lowest BCUT2D eigenvalue weighted by Crippen LogP contribution is -2.35. The topological polar surface area (TPSA) is 133 Å². The Labute approximate surface area is 180 Å². The van der Waals surface area contributed by atoms with Crippen molar-refractivity contribution in [3.8, 4) is 0 Å². The van der Waals surface area contributed by atoms with E-state index in [1.807, 2.05) is 0 Å². The molecule has 2 aromatic rings. The minimum absolute atomic E-state index is 0.00516. The first-order valence-electron chi connectivity index (χ1n) is 8.26. The van der Waals surface area contributed by atoms with Crippen LogP contribution in [0, 0.1) is 0 Å². The molecule has 0 amide bonds. The van der Waals surface area contributed by atoms with Crippen LogP contribution < -0.4 is 15.3 Å². The lowest BCUT2D eigenvalue weighted by atomic mass is 9.83. The van der Waals surface area contributed by atoms with Crippen molar-refractivity contribution in [3.05, 3.63) is 74.7 Å². The van der Waals surface area contributed by atoms with E-state index in [0.29, 0.717) is 0 Å². The largest absolute Gasteiger partial charge is 0.479 e. The highest BCUT2D eigenvalue weighted by molar-refractivity contribution is 7.92. The summed E-state index contributed by atoms with van der Waals surface area (Å²) in [7, 11) is -3.62. The Bertz CT molecular complexity index is 1340. The third kappa shape index (κ3) is 4.04. The van der Waals surface area contributed by atoms with Crippen molar-refractivity contribution in [2.45, 2.75) is 5.54 Å². The molecule has 1 aliphatic rings. The van der Waals surface area contributed by atoms with Crippen LogP contribution in [0.25, 0.3) is 5.57 Å². The quantitative estimate of drug-likeness (QED) is 0.553. The van der Waals surface area contributed by atoms with Crippen LogP contribution in [0.3, 0.4) is 0 Å². The van der Waals surface area contributed by atoms with Crippen LogP contribution in [0.5, 0.6) is 0 Å². The van der Waals surface area contributed by atoms with Gasteiger partial charge in [0.25, 0.3) is 0 Å². The standard InChI is InChI=1S/C19H14Cl2N2O6S/c1-30(28,29)23-12-4-2-3-10(7-12)19(18(26)27)13(5-6-16(24)25)17-14(21)8-11(20)9-15(17)22-19/h2-9,23H,1H3,(H,24,25)(H,26,27)/b6-5-. The van der Waals surface area contributed by atoms with E-state index >= 15 is 0 Å². The predicted octanol–water partition coefficient (Wildman–Crippen LogP) is 1.77. The van der Waals surface area contributed by atoms with Crippen LogP contribution in [0.15, 0.2) is 53.5 Å². The van der Waals surface area contributed by atoms with E-state index in [2.05, 4.69) is 9.71 Å². The van der Waals surface area contributed by atoms with Crippen molar-refractivity contribution >= 4 is 56.4 Å². The molecule has 0 aromatic heterocycles. The van der Waals surface area contributed by atoms with E-state index in [1.54, 1.807) is 0 Å². The minimum atomic E-state index is -3.62. The minimum Gasteiger partial charge on any atom is -0.479 e. The van der Waals surface area contributed by atoms with Gasteiger partial charge in [-0.3, -0.25) is 9.71 Å². The van der Waals surface area contributed by atoms with Crippen molar-refractivity contribution < 1.29 is 28.2 Å². The molecule has 1 aliphatic heterocycles. The number of anilines is 1. The van der Waals surface area contributed by atoms with Crippen molar-refractivity contribution in [2.24, 2.45) is 4.99 Å². The zero-order valence-corrected chi connectivity index (χ0v) is 17.6. The number of carbonyl (C=O) groups is 2. The van der Waals surface area contributed by atoms with Crippen LogP contribution >= 0.6 is 23.2 Å². The van der Waals surface area contributed by atoms with Gasteiger partial charge in [0, 0.05) is 27.6 Å². The number of sulfonamides is 1. The Morgan fingerprint density at radius 2 is 1.87 bits per heavy atom. The molecule has 156 valence electrons. The summed E-state index contributed by atoms with van der Waals surface area (Å²) < 4.78 is 25.4. The van der Waals surface area contributed by atoms with E-state index < -0.39 is 27.5 Å². The van der Waals surface area contributed by atoms with E-state index in [1.165, 1.54) is 36.4 Å². The van der Waals surface area contributed by atoms with Gasteiger partial charge in [-0.1, -0.05) is 35.3 Å². The highest BCUT2D eigenvalue weighted by Gasteiger charge is 2.46. The summed E-state index contributed by atoms with van der Waals surface area (Å²) >= 11 is 12.3. The van der Waals surface area contributed by atoms with Gasteiger partial charge in [0.2, 0.25) is 15.6 Å². The van der Waals surface area contributed by atoms with E-state index in [9.17, 15) is 23.1 Å². The summed E-state index contributed by atoms with van der Waals surface area (Å²) in [6.07, 6.45) is 2.85. The second-order valence-corrected chi connectivity index (χ2v) is 9.04. The van der Waals surface area contributed by atoms with Crippen LogP contribution in [0.2, 0.25) is 10.0 Å². The van der Waals surface area contributed by atoms with Gasteiger partial charge >= 0.3 is 11.9 Å². The maximum atomic E-state index is 12.5. The second-order valence-electron chi connectivity index (χ2n) is 6.45. The third-order valence-electron chi connectivity index (χ3n) is 4.27. The van der Waals surface area contributed by atoms with Crippen LogP contribution in [0.4, 0.5) is 5.69 Å². The average Bonchev–Trinajstić information content (AvgIpc) is 2.94. The number of benzene rings is 2. The van der Waals surface area contributed by atoms with Gasteiger partial charge in [-0.05, 0) is 35.9 Å². The van der Waals surface area contributed by atoms with E-state index in [4.69, 9.17) is 28.3 Å². The molecule has 0 aliphatic carbocycles. The Morgan fingerprint density at radius 3 is 2.47 bits per heavy atom. The fourth-order valence-corrected chi connectivity index (χ4v) is 4.36. The molecule has 8 nitrogen and oxygen atoms in total. The lowest BCUT2D eigenvalue weighted by molar-refractivity contribution is -0.141. The molecule has 1 unspecified atom stereocenters. The highest BCUT2D eigenvalue weighted by atomic mass is 35.5. The summed E-state index contributed by atoms with van der Waals surface area (Å²) in [5.74, 6) is -2.71. The van der Waals surface area contributed by atoms with Gasteiger partial charge < -0.3 is 10.2 Å². The molecular formula is C19H14Cl2N2O6S. The second kappa shape index (κ2) is 7.75. The molecule has 1 heterocycles. The summed E-state index contributed by atoms with van der Waals surface area (Å²) in [4.78, 5) is 28.0. The average molecular weight is 469 g/mol. The Morgan fingerprint density at radius 1 is 1.17 bits per heavy atom. The molecule has 2 aromatic carbocycles. The Hall–Kier alpha value is -2.88. The Kier molecular flexibility index (Phi) is 5.64. The van der Waals surface area contributed by atoms with E-state index in [0.717, 1.165) is 18.4 Å². The number of nitrogens with one attached hydrogen (secondary N) is 1. The number of rotatable bonds is 6. The molecule has 0 bridgehead atoms. The molecule has 0 radical (unpaired) electrons. The first kappa shape index (κ1) is 21.8. The summed E-state index contributed by atoms with van der Waals surface area (Å²) in [5, 5.41) is 20.0. The van der Waals surface area contributed by atoms with Gasteiger partial charge in [0.15, 0.2) is 0 Å². The SMILES string of the molecule is CS(=O)(=O)Nc1cccc(C2(C(=O)O)N=c3cc(Cl)cc(Cl)c3=C2/C=C\C(=O)O)c1. The zero-order chi connectivity index (χ0) is 22.3. The maximum Gasteiger partial charge on any atom is 0.341 e. The fourth-order valence-electron chi connectivity index (χ4n) is 3.22. The number of halogens is 2. The molecular weight excluding hydrogens is 455 g/mol. The Balaban J connectivity index is 2.40. The van der Waals surface area contributed by atoms with Crippen LogP contribution in [0.1, 0.15) is 5.56 Å². The molecule has 3 rings (SSSR count). The van der Waals surface area contributed by atoms with Gasteiger partial charge in [-0.15, -0.1) is 0 Å². The monoisotopic (exact) mass is 468 g/mol. The van der Waals surface area contributed by atoms with Crippen molar-refractivity contribution in [3.63, 3.8) is 0 Å². The zero-order valence-electron chi connectivity index (χ0n) is 15.3. The molecule has 11 heteroatoms. The van der Waals surface area contributed by atoms with Gasteiger partial charge in [-0.2, -0.15) is 0 Å². The van der Waals surface area contributed by atoms with Crippen LogP contribution in [-0.4, -0.2) is 36.8 Å². The number of fused-ring (bicyclic) bond motifs is 1. The number of carboxylic acid groups (broad SMARTS) is 2. The molecule has 3 N–H and O–H groups in total. The number of carboxylic acids is 2. The fraction of sp³-hybridized carbons (Fsp3) is 0.105. The molecule has 0 saturated carbocycles. The number of hydrogen-bond acceptors (Lipinski definition) is 5. The number of nitrogens with zero attached hydrogens (tertiary/aromatic N) is 1. The molecule has 1 atom stereocenters. The first-order chi connectivity index (χ1) is 13.9. The number of aliphatic carboxylic acids is 2. The van der Waals surface area contributed by atoms with Crippen molar-refractivity contribution in [1.29, 1.82) is 0 Å². The summed E-state index contributed by atoms with van der Waals surface area (Å²) in [6.45, 7) is 0. The van der Waals surface area contributed by atoms with E-state index in [-0.39, 0.29) is 37.4 Å². The lowest BCUT2D eigenvalue weighted by Gasteiger charge is -2.25. The number of hydrogen-bond donors (Lipinski definition) is 3. The summed E-state index contributed by atoms with van der Waals surface area (Å²) in [5.41, 5.74) is -1.85. The molecule has 30 heavy (non-hydrogen) atoms. The third-order valence-corrected chi connectivity index (χ3v) is 5.39. The first-order valence-corrected chi connectivity index (χ1v) is 10.9. The molecule has 0 fully saturated rings. The maximum absolute atomic E-state index is 12.5. The van der Waals surface area contributed by atoms with Crippen molar-refractivity contribution in [2.75, 3.05) is 11.0 Å². The molecule has 0 spiro atoms. The predicted molar refractivity (Wildman–Crippen MR) is 112 cm³/mol. The van der Waals surface area contributed by atoms with Crippen LogP contribution in [-0.2, 0) is 25.2 Å². The summed E-state index contributed by atoms with van der Waals surface area (Å²) in [6, 6.07) is 8.47. The molecule has 0 saturated heterocycles.